The standard InChI is InChI=1S/C13H26N2O/c1-4-5-10(2)12(16)15-11-6-8-13(3,14)9-7-11/h10-11H,4-9,14H2,1-3H3,(H,15,16). The number of amides is 1. The molecule has 16 heavy (non-hydrogen) atoms. The summed E-state index contributed by atoms with van der Waals surface area (Å²) in [7, 11) is 0. The molecular formula is C13H26N2O. The quantitative estimate of drug-likeness (QED) is 0.772. The van der Waals surface area contributed by atoms with E-state index in [1.807, 2.05) is 6.92 Å². The van der Waals surface area contributed by atoms with Crippen LogP contribution < -0.4 is 11.1 Å². The highest BCUT2D eigenvalue weighted by Gasteiger charge is 2.28. The van der Waals surface area contributed by atoms with Gasteiger partial charge in [0.1, 0.15) is 0 Å². The SMILES string of the molecule is CCCC(C)C(=O)NC1CCC(C)(N)CC1. The van der Waals surface area contributed by atoms with Crippen molar-refractivity contribution in [1.82, 2.24) is 5.32 Å². The van der Waals surface area contributed by atoms with Gasteiger partial charge in [-0.2, -0.15) is 0 Å². The molecule has 1 rings (SSSR count). The van der Waals surface area contributed by atoms with Crippen LogP contribution in [0.15, 0.2) is 0 Å². The van der Waals surface area contributed by atoms with Crippen molar-refractivity contribution < 1.29 is 4.79 Å². The second-order valence-corrected chi connectivity index (χ2v) is 5.63. The van der Waals surface area contributed by atoms with Gasteiger partial charge < -0.3 is 11.1 Å². The molecule has 1 unspecified atom stereocenters. The molecular weight excluding hydrogens is 200 g/mol. The zero-order valence-electron chi connectivity index (χ0n) is 10.9. The third kappa shape index (κ3) is 4.12. The molecule has 1 amide bonds. The lowest BCUT2D eigenvalue weighted by atomic mass is 9.81. The molecule has 0 bridgehead atoms. The molecule has 1 atom stereocenters. The second kappa shape index (κ2) is 5.67. The third-order valence-electron chi connectivity index (χ3n) is 3.64. The molecule has 0 aromatic carbocycles. The molecule has 0 radical (unpaired) electrons. The zero-order valence-corrected chi connectivity index (χ0v) is 10.9. The molecule has 0 saturated heterocycles. The van der Waals surface area contributed by atoms with Crippen molar-refractivity contribution in [3.8, 4) is 0 Å². The predicted molar refractivity (Wildman–Crippen MR) is 67.1 cm³/mol. The minimum absolute atomic E-state index is 0.0176. The Bertz CT molecular complexity index is 228. The summed E-state index contributed by atoms with van der Waals surface area (Å²) in [6.07, 6.45) is 6.13. The molecule has 0 spiro atoms. The lowest BCUT2D eigenvalue weighted by Gasteiger charge is -2.34. The molecule has 3 N–H and O–H groups in total. The molecule has 94 valence electrons. The van der Waals surface area contributed by atoms with Crippen molar-refractivity contribution in [2.24, 2.45) is 11.7 Å². The molecule has 0 aliphatic heterocycles. The van der Waals surface area contributed by atoms with Crippen molar-refractivity contribution in [3.63, 3.8) is 0 Å². The van der Waals surface area contributed by atoms with E-state index in [1.54, 1.807) is 0 Å². The smallest absolute Gasteiger partial charge is 0.223 e. The van der Waals surface area contributed by atoms with E-state index in [4.69, 9.17) is 5.73 Å². The number of nitrogens with two attached hydrogens (primary N) is 1. The highest BCUT2D eigenvalue weighted by atomic mass is 16.1. The van der Waals surface area contributed by atoms with E-state index in [-0.39, 0.29) is 17.4 Å². The van der Waals surface area contributed by atoms with Crippen molar-refractivity contribution >= 4 is 5.91 Å². The van der Waals surface area contributed by atoms with E-state index in [9.17, 15) is 4.79 Å². The first-order valence-corrected chi connectivity index (χ1v) is 6.54. The average Bonchev–Trinajstić information content (AvgIpc) is 2.21. The van der Waals surface area contributed by atoms with Crippen molar-refractivity contribution in [3.05, 3.63) is 0 Å². The molecule has 1 fully saturated rings. The van der Waals surface area contributed by atoms with Crippen LogP contribution in [0.2, 0.25) is 0 Å². The van der Waals surface area contributed by atoms with Crippen LogP contribution in [0.1, 0.15) is 59.3 Å². The third-order valence-corrected chi connectivity index (χ3v) is 3.64. The van der Waals surface area contributed by atoms with Gasteiger partial charge in [0.05, 0.1) is 0 Å². The van der Waals surface area contributed by atoms with Gasteiger partial charge in [-0.25, -0.2) is 0 Å². The van der Waals surface area contributed by atoms with E-state index in [0.717, 1.165) is 38.5 Å². The van der Waals surface area contributed by atoms with Gasteiger partial charge in [-0.1, -0.05) is 20.3 Å². The Balaban J connectivity index is 2.31. The summed E-state index contributed by atoms with van der Waals surface area (Å²) in [5.74, 6) is 0.365. The topological polar surface area (TPSA) is 55.1 Å². The molecule has 0 heterocycles. The molecule has 1 aliphatic carbocycles. The minimum atomic E-state index is -0.0176. The maximum atomic E-state index is 11.8. The summed E-state index contributed by atoms with van der Waals surface area (Å²) in [4.78, 5) is 11.8. The highest BCUT2D eigenvalue weighted by Crippen LogP contribution is 2.25. The van der Waals surface area contributed by atoms with E-state index in [0.29, 0.717) is 6.04 Å². The van der Waals surface area contributed by atoms with Crippen LogP contribution in [-0.4, -0.2) is 17.5 Å². The predicted octanol–water partition coefficient (Wildman–Crippen LogP) is 2.20. The summed E-state index contributed by atoms with van der Waals surface area (Å²) in [6, 6.07) is 0.350. The fourth-order valence-electron chi connectivity index (χ4n) is 2.33. The average molecular weight is 226 g/mol. The van der Waals surface area contributed by atoms with E-state index >= 15 is 0 Å². The highest BCUT2D eigenvalue weighted by molar-refractivity contribution is 5.78. The Morgan fingerprint density at radius 1 is 1.50 bits per heavy atom. The first-order valence-electron chi connectivity index (χ1n) is 6.54. The first-order chi connectivity index (χ1) is 7.44. The van der Waals surface area contributed by atoms with Crippen molar-refractivity contribution in [1.29, 1.82) is 0 Å². The fraction of sp³-hybridized carbons (Fsp3) is 0.923. The van der Waals surface area contributed by atoms with Crippen LogP contribution in [0.4, 0.5) is 0 Å². The lowest BCUT2D eigenvalue weighted by molar-refractivity contribution is -0.125. The van der Waals surface area contributed by atoms with E-state index < -0.39 is 0 Å². The number of rotatable bonds is 4. The van der Waals surface area contributed by atoms with Gasteiger partial charge in [-0.15, -0.1) is 0 Å². The van der Waals surface area contributed by atoms with Crippen LogP contribution in [0, 0.1) is 5.92 Å². The molecule has 0 aromatic heterocycles. The Kier molecular flexibility index (Phi) is 4.78. The maximum Gasteiger partial charge on any atom is 0.223 e. The van der Waals surface area contributed by atoms with Crippen molar-refractivity contribution in [2.45, 2.75) is 70.9 Å². The molecule has 1 saturated carbocycles. The molecule has 3 heteroatoms. The number of hydrogen-bond acceptors (Lipinski definition) is 2. The van der Waals surface area contributed by atoms with Gasteiger partial charge in [0.2, 0.25) is 5.91 Å². The Labute approximate surface area is 99.2 Å². The van der Waals surface area contributed by atoms with Gasteiger partial charge >= 0.3 is 0 Å². The van der Waals surface area contributed by atoms with Gasteiger partial charge in [0.15, 0.2) is 0 Å². The monoisotopic (exact) mass is 226 g/mol. The number of carbonyl (C=O) groups excluding carboxylic acids is 1. The lowest BCUT2D eigenvalue weighted by Crippen LogP contribution is -2.47. The van der Waals surface area contributed by atoms with E-state index in [1.165, 1.54) is 0 Å². The second-order valence-electron chi connectivity index (χ2n) is 5.63. The normalized spacial score (nSPS) is 32.1. The van der Waals surface area contributed by atoms with Crippen LogP contribution in [0.3, 0.4) is 0 Å². The maximum absolute atomic E-state index is 11.8. The summed E-state index contributed by atoms with van der Waals surface area (Å²) in [6.45, 7) is 6.23. The summed E-state index contributed by atoms with van der Waals surface area (Å²) >= 11 is 0. The van der Waals surface area contributed by atoms with Gasteiger partial charge in [-0.05, 0) is 39.0 Å². The summed E-state index contributed by atoms with van der Waals surface area (Å²) in [5.41, 5.74) is 6.05. The van der Waals surface area contributed by atoms with Gasteiger partial charge in [0, 0.05) is 17.5 Å². The van der Waals surface area contributed by atoms with Crippen LogP contribution >= 0.6 is 0 Å². The number of hydrogen-bond donors (Lipinski definition) is 2. The Morgan fingerprint density at radius 2 is 2.06 bits per heavy atom. The van der Waals surface area contributed by atoms with Crippen LogP contribution in [-0.2, 0) is 4.79 Å². The summed E-state index contributed by atoms with van der Waals surface area (Å²) < 4.78 is 0. The van der Waals surface area contributed by atoms with Crippen LogP contribution in [0.25, 0.3) is 0 Å². The van der Waals surface area contributed by atoms with Gasteiger partial charge in [-0.3, -0.25) is 4.79 Å². The Hall–Kier alpha value is -0.570. The molecule has 1 aliphatic rings. The Morgan fingerprint density at radius 3 is 2.56 bits per heavy atom. The van der Waals surface area contributed by atoms with Crippen LogP contribution in [0.5, 0.6) is 0 Å². The largest absolute Gasteiger partial charge is 0.353 e. The molecule has 3 nitrogen and oxygen atoms in total. The first kappa shape index (κ1) is 13.5. The summed E-state index contributed by atoms with van der Waals surface area (Å²) in [5, 5.41) is 3.15. The van der Waals surface area contributed by atoms with Crippen molar-refractivity contribution in [2.75, 3.05) is 0 Å². The number of carbonyl (C=O) groups is 1. The van der Waals surface area contributed by atoms with Gasteiger partial charge in [0.25, 0.3) is 0 Å². The fourth-order valence-corrected chi connectivity index (χ4v) is 2.33. The number of nitrogens with one attached hydrogen (secondary N) is 1. The molecule has 0 aromatic rings. The zero-order chi connectivity index (χ0) is 12.2. The minimum Gasteiger partial charge on any atom is -0.353 e. The van der Waals surface area contributed by atoms with E-state index in [2.05, 4.69) is 19.2 Å².